The van der Waals surface area contributed by atoms with Gasteiger partial charge in [-0.1, -0.05) is 13.0 Å². The molecule has 0 spiro atoms. The van der Waals surface area contributed by atoms with Crippen molar-refractivity contribution in [3.63, 3.8) is 0 Å². The van der Waals surface area contributed by atoms with Crippen molar-refractivity contribution in [3.8, 4) is 0 Å². The average Bonchev–Trinajstić information content (AvgIpc) is 2.49. The van der Waals surface area contributed by atoms with E-state index in [1.807, 2.05) is 6.92 Å². The SMILES string of the molecule is CCC1(C(=O)Nc2ccc(C)c(C(=O)O)c2)CCNCC1. The number of carboxylic acids is 1. The Hall–Kier alpha value is -1.88. The van der Waals surface area contributed by atoms with E-state index in [1.165, 1.54) is 6.07 Å². The first-order valence-corrected chi connectivity index (χ1v) is 7.34. The van der Waals surface area contributed by atoms with Crippen LogP contribution in [0.25, 0.3) is 0 Å². The molecule has 21 heavy (non-hydrogen) atoms. The van der Waals surface area contributed by atoms with Gasteiger partial charge in [-0.05, 0) is 57.0 Å². The Balaban J connectivity index is 2.19. The first-order valence-electron chi connectivity index (χ1n) is 7.34. The van der Waals surface area contributed by atoms with Gasteiger partial charge in [0.1, 0.15) is 0 Å². The summed E-state index contributed by atoms with van der Waals surface area (Å²) in [6, 6.07) is 5.00. The summed E-state index contributed by atoms with van der Waals surface area (Å²) in [6.07, 6.45) is 2.41. The van der Waals surface area contributed by atoms with E-state index in [1.54, 1.807) is 19.1 Å². The smallest absolute Gasteiger partial charge is 0.336 e. The topological polar surface area (TPSA) is 78.4 Å². The molecule has 0 bridgehead atoms. The quantitative estimate of drug-likeness (QED) is 0.795. The molecule has 0 saturated carbocycles. The number of aromatic carboxylic acids is 1. The third-order valence-corrected chi connectivity index (χ3v) is 4.44. The van der Waals surface area contributed by atoms with Crippen molar-refractivity contribution in [2.45, 2.75) is 33.1 Å². The molecule has 0 unspecified atom stereocenters. The fourth-order valence-corrected chi connectivity index (χ4v) is 2.84. The van der Waals surface area contributed by atoms with Gasteiger partial charge in [0.2, 0.25) is 5.91 Å². The summed E-state index contributed by atoms with van der Waals surface area (Å²) in [5.41, 5.74) is 1.12. The predicted octanol–water partition coefficient (Wildman–Crippen LogP) is 2.41. The Morgan fingerprint density at radius 3 is 2.57 bits per heavy atom. The fourth-order valence-electron chi connectivity index (χ4n) is 2.84. The molecule has 0 atom stereocenters. The number of hydrogen-bond donors (Lipinski definition) is 3. The minimum Gasteiger partial charge on any atom is -0.478 e. The Kier molecular flexibility index (Phi) is 4.63. The molecule has 1 aliphatic rings. The molecule has 0 aliphatic carbocycles. The second-order valence-corrected chi connectivity index (χ2v) is 5.67. The van der Waals surface area contributed by atoms with Crippen molar-refractivity contribution in [2.24, 2.45) is 5.41 Å². The van der Waals surface area contributed by atoms with Gasteiger partial charge in [0.15, 0.2) is 0 Å². The van der Waals surface area contributed by atoms with Crippen LogP contribution in [0, 0.1) is 12.3 Å². The zero-order valence-corrected chi connectivity index (χ0v) is 12.5. The third kappa shape index (κ3) is 3.24. The predicted molar refractivity (Wildman–Crippen MR) is 81.6 cm³/mol. The fraction of sp³-hybridized carbons (Fsp3) is 0.500. The molecule has 3 N–H and O–H groups in total. The molecular formula is C16H22N2O3. The van der Waals surface area contributed by atoms with E-state index in [0.717, 1.165) is 32.4 Å². The number of nitrogens with one attached hydrogen (secondary N) is 2. The van der Waals surface area contributed by atoms with E-state index in [9.17, 15) is 9.59 Å². The second-order valence-electron chi connectivity index (χ2n) is 5.67. The molecule has 1 aromatic rings. The maximum Gasteiger partial charge on any atom is 0.336 e. The number of anilines is 1. The highest BCUT2D eigenvalue weighted by Crippen LogP contribution is 2.34. The van der Waals surface area contributed by atoms with Crippen LogP contribution in [-0.2, 0) is 4.79 Å². The highest BCUT2D eigenvalue weighted by Gasteiger charge is 2.37. The standard InChI is InChI=1S/C16H22N2O3/c1-3-16(6-8-17-9-7-16)15(21)18-12-5-4-11(2)13(10-12)14(19)20/h4-5,10,17H,3,6-9H2,1-2H3,(H,18,21)(H,19,20). The van der Waals surface area contributed by atoms with Gasteiger partial charge in [-0.15, -0.1) is 0 Å². The minimum atomic E-state index is -0.976. The van der Waals surface area contributed by atoms with E-state index in [-0.39, 0.29) is 16.9 Å². The lowest BCUT2D eigenvalue weighted by Gasteiger charge is -2.35. The minimum absolute atomic E-state index is 0.00769. The van der Waals surface area contributed by atoms with Crippen LogP contribution in [0.2, 0.25) is 0 Å². The van der Waals surface area contributed by atoms with Gasteiger partial charge in [-0.25, -0.2) is 4.79 Å². The zero-order chi connectivity index (χ0) is 15.5. The van der Waals surface area contributed by atoms with Gasteiger partial charge in [-0.3, -0.25) is 4.79 Å². The number of carboxylic acid groups (broad SMARTS) is 1. The number of benzene rings is 1. The molecule has 0 radical (unpaired) electrons. The van der Waals surface area contributed by atoms with Crippen molar-refractivity contribution in [3.05, 3.63) is 29.3 Å². The van der Waals surface area contributed by atoms with Gasteiger partial charge in [0, 0.05) is 5.69 Å². The van der Waals surface area contributed by atoms with Crippen LogP contribution in [0.15, 0.2) is 18.2 Å². The lowest BCUT2D eigenvalue weighted by atomic mass is 9.76. The molecule has 5 heteroatoms. The Morgan fingerprint density at radius 2 is 2.00 bits per heavy atom. The van der Waals surface area contributed by atoms with E-state index in [0.29, 0.717) is 11.3 Å². The maximum absolute atomic E-state index is 12.6. The van der Waals surface area contributed by atoms with Gasteiger partial charge in [-0.2, -0.15) is 0 Å². The largest absolute Gasteiger partial charge is 0.478 e. The summed E-state index contributed by atoms with van der Waals surface area (Å²) in [7, 11) is 0. The number of aryl methyl sites for hydroxylation is 1. The summed E-state index contributed by atoms with van der Waals surface area (Å²) in [5.74, 6) is -0.984. The molecule has 0 aromatic heterocycles. The average molecular weight is 290 g/mol. The van der Waals surface area contributed by atoms with Gasteiger partial charge in [0.05, 0.1) is 11.0 Å². The Labute approximate surface area is 124 Å². The van der Waals surface area contributed by atoms with Crippen LogP contribution in [0.5, 0.6) is 0 Å². The van der Waals surface area contributed by atoms with E-state index in [2.05, 4.69) is 10.6 Å². The molecule has 114 valence electrons. The lowest BCUT2D eigenvalue weighted by Crippen LogP contribution is -2.44. The monoisotopic (exact) mass is 290 g/mol. The van der Waals surface area contributed by atoms with Crippen molar-refractivity contribution >= 4 is 17.6 Å². The normalized spacial score (nSPS) is 17.2. The molecule has 1 saturated heterocycles. The van der Waals surface area contributed by atoms with Gasteiger partial charge < -0.3 is 15.7 Å². The van der Waals surface area contributed by atoms with E-state index in [4.69, 9.17) is 5.11 Å². The molecular weight excluding hydrogens is 268 g/mol. The van der Waals surface area contributed by atoms with Crippen LogP contribution < -0.4 is 10.6 Å². The molecule has 1 aromatic carbocycles. The molecule has 1 heterocycles. The number of carbonyl (C=O) groups is 2. The van der Waals surface area contributed by atoms with Crippen LogP contribution in [0.4, 0.5) is 5.69 Å². The van der Waals surface area contributed by atoms with Crippen LogP contribution in [0.3, 0.4) is 0 Å². The van der Waals surface area contributed by atoms with Crippen molar-refractivity contribution < 1.29 is 14.7 Å². The first-order chi connectivity index (χ1) is 9.98. The van der Waals surface area contributed by atoms with Crippen LogP contribution in [0.1, 0.15) is 42.1 Å². The number of carbonyl (C=O) groups excluding carboxylic acids is 1. The Bertz CT molecular complexity index is 548. The molecule has 1 fully saturated rings. The lowest BCUT2D eigenvalue weighted by molar-refractivity contribution is -0.127. The summed E-state index contributed by atoms with van der Waals surface area (Å²) >= 11 is 0. The van der Waals surface area contributed by atoms with Crippen molar-refractivity contribution in [2.75, 3.05) is 18.4 Å². The number of amides is 1. The van der Waals surface area contributed by atoms with E-state index >= 15 is 0 Å². The number of hydrogen-bond acceptors (Lipinski definition) is 3. The maximum atomic E-state index is 12.6. The van der Waals surface area contributed by atoms with Crippen molar-refractivity contribution in [1.29, 1.82) is 0 Å². The third-order valence-electron chi connectivity index (χ3n) is 4.44. The molecule has 1 amide bonds. The summed E-state index contributed by atoms with van der Waals surface area (Å²) in [4.78, 5) is 23.8. The first kappa shape index (κ1) is 15.5. The van der Waals surface area contributed by atoms with Gasteiger partial charge >= 0.3 is 5.97 Å². The number of rotatable bonds is 4. The summed E-state index contributed by atoms with van der Waals surface area (Å²) in [6.45, 7) is 5.46. The van der Waals surface area contributed by atoms with E-state index < -0.39 is 5.97 Å². The molecule has 5 nitrogen and oxygen atoms in total. The highest BCUT2D eigenvalue weighted by atomic mass is 16.4. The highest BCUT2D eigenvalue weighted by molar-refractivity contribution is 5.97. The summed E-state index contributed by atoms with van der Waals surface area (Å²) < 4.78 is 0. The summed E-state index contributed by atoms with van der Waals surface area (Å²) in [5, 5.41) is 15.3. The molecule has 2 rings (SSSR count). The molecule has 1 aliphatic heterocycles. The van der Waals surface area contributed by atoms with Crippen LogP contribution >= 0.6 is 0 Å². The second kappa shape index (κ2) is 6.26. The number of piperidine rings is 1. The Morgan fingerprint density at radius 1 is 1.33 bits per heavy atom. The van der Waals surface area contributed by atoms with Crippen LogP contribution in [-0.4, -0.2) is 30.1 Å². The zero-order valence-electron chi connectivity index (χ0n) is 12.5. The van der Waals surface area contributed by atoms with Gasteiger partial charge in [0.25, 0.3) is 0 Å². The van der Waals surface area contributed by atoms with Crippen molar-refractivity contribution in [1.82, 2.24) is 5.32 Å².